The second-order valence-electron chi connectivity index (χ2n) is 6.50. The monoisotopic (exact) mass is 341 g/mol. The van der Waals surface area contributed by atoms with Gasteiger partial charge in [0.15, 0.2) is 11.9 Å². The third-order valence-corrected chi connectivity index (χ3v) is 5.75. The smallest absolute Gasteiger partial charge is 0.294 e. The molecule has 0 saturated carbocycles. The zero-order chi connectivity index (χ0) is 17.5. The molecule has 0 spiro atoms. The number of Topliss-reactive ketones (excluding diaryl/α,β-unsaturated/α-hetero) is 1. The number of ketones is 1. The molecule has 0 amide bonds. The molecular weight excluding hydrogens is 315 g/mol. The predicted octanol–water partition coefficient (Wildman–Crippen LogP) is 5.99. The average Bonchev–Trinajstić information content (AvgIpc) is 2.51. The Labute approximate surface area is 146 Å². The number of benzene rings is 2. The van der Waals surface area contributed by atoms with Crippen LogP contribution in [0.5, 0.6) is 0 Å². The second-order valence-corrected chi connectivity index (χ2v) is 8.23. The Morgan fingerprint density at radius 3 is 2.21 bits per heavy atom. The molecule has 0 N–H and O–H groups in total. The molecule has 0 bridgehead atoms. The molecule has 2 rings (SSSR count). The third kappa shape index (κ3) is 5.39. The van der Waals surface area contributed by atoms with Gasteiger partial charge in [-0.1, -0.05) is 52.6 Å². The summed E-state index contributed by atoms with van der Waals surface area (Å²) in [7, 11) is -1.22. The van der Waals surface area contributed by atoms with Crippen LogP contribution in [0.3, 0.4) is 0 Å². The second kappa shape index (κ2) is 8.89. The van der Waals surface area contributed by atoms with Crippen molar-refractivity contribution in [3.05, 3.63) is 70.3 Å². The van der Waals surface area contributed by atoms with Crippen LogP contribution < -0.4 is 0 Å². The summed E-state index contributed by atoms with van der Waals surface area (Å²) < 4.78 is 12.1. The molecule has 126 valence electrons. The van der Waals surface area contributed by atoms with Crippen molar-refractivity contribution in [2.45, 2.75) is 46.2 Å². The van der Waals surface area contributed by atoms with Gasteiger partial charge in [-0.25, -0.2) is 0 Å². The quantitative estimate of drug-likeness (QED) is 0.335. The van der Waals surface area contributed by atoms with Crippen LogP contribution in [0, 0.1) is 20.8 Å². The molecule has 0 saturated heterocycles. The molecule has 3 heteroatoms. The van der Waals surface area contributed by atoms with Crippen molar-refractivity contribution in [2.75, 3.05) is 6.16 Å². The van der Waals surface area contributed by atoms with E-state index >= 15 is 0 Å². The summed E-state index contributed by atoms with van der Waals surface area (Å²) in [6, 6.07) is 14.1. The van der Waals surface area contributed by atoms with Gasteiger partial charge in [0.25, 0.3) is 0 Å². The van der Waals surface area contributed by atoms with Gasteiger partial charge in [-0.3, -0.25) is 4.79 Å². The maximum atomic E-state index is 12.5. The van der Waals surface area contributed by atoms with Crippen molar-refractivity contribution >= 4 is 13.6 Å². The molecule has 1 unspecified atom stereocenters. The van der Waals surface area contributed by atoms with Crippen LogP contribution in [0.4, 0.5) is 0 Å². The maximum absolute atomic E-state index is 12.5. The highest BCUT2D eigenvalue weighted by atomic mass is 31.1. The standard InChI is InChI=1S/C21H26O2P/c1-16-13-17(2)21(18(3)14-16)20(22)11-7-8-12-24(23)15-19-9-5-4-6-10-19/h4-6,9-10,13-14H,7-8,11-12,15H2,1-3H3/q+1. The number of rotatable bonds is 8. The van der Waals surface area contributed by atoms with E-state index in [9.17, 15) is 9.36 Å². The molecular formula is C21H26O2P+. The first kappa shape index (κ1) is 18.5. The highest BCUT2D eigenvalue weighted by Gasteiger charge is 2.17. The summed E-state index contributed by atoms with van der Waals surface area (Å²) in [5.41, 5.74) is 5.31. The van der Waals surface area contributed by atoms with E-state index in [2.05, 4.69) is 19.1 Å². The summed E-state index contributed by atoms with van der Waals surface area (Å²) >= 11 is 0. The molecule has 0 heterocycles. The minimum Gasteiger partial charge on any atom is -0.294 e. The molecule has 24 heavy (non-hydrogen) atoms. The number of carbonyl (C=O) groups is 1. The Morgan fingerprint density at radius 2 is 1.58 bits per heavy atom. The topological polar surface area (TPSA) is 34.1 Å². The van der Waals surface area contributed by atoms with Crippen molar-refractivity contribution < 1.29 is 9.36 Å². The van der Waals surface area contributed by atoms with E-state index in [1.807, 2.05) is 44.2 Å². The molecule has 0 aliphatic heterocycles. The lowest BCUT2D eigenvalue weighted by molar-refractivity contribution is 0.0978. The van der Waals surface area contributed by atoms with E-state index in [-0.39, 0.29) is 5.78 Å². The fraction of sp³-hybridized carbons (Fsp3) is 0.381. The summed E-state index contributed by atoms with van der Waals surface area (Å²) in [5.74, 6) is 0.211. The predicted molar refractivity (Wildman–Crippen MR) is 101 cm³/mol. The lowest BCUT2D eigenvalue weighted by Gasteiger charge is -2.09. The van der Waals surface area contributed by atoms with E-state index in [1.165, 1.54) is 5.56 Å². The average molecular weight is 341 g/mol. The normalized spacial score (nSPS) is 11.4. The number of carbonyl (C=O) groups excluding carboxylic acids is 1. The highest BCUT2D eigenvalue weighted by Crippen LogP contribution is 2.28. The maximum Gasteiger partial charge on any atom is 0.343 e. The zero-order valence-corrected chi connectivity index (χ0v) is 15.7. The highest BCUT2D eigenvalue weighted by molar-refractivity contribution is 7.43. The van der Waals surface area contributed by atoms with Crippen LogP contribution in [0.15, 0.2) is 42.5 Å². The van der Waals surface area contributed by atoms with Gasteiger partial charge in [0.2, 0.25) is 0 Å². The molecule has 1 atom stereocenters. The zero-order valence-electron chi connectivity index (χ0n) is 14.8. The molecule has 2 aromatic carbocycles. The summed E-state index contributed by atoms with van der Waals surface area (Å²) in [6.45, 7) is 6.06. The van der Waals surface area contributed by atoms with Crippen LogP contribution in [-0.4, -0.2) is 11.9 Å². The first-order chi connectivity index (χ1) is 11.5. The van der Waals surface area contributed by atoms with Crippen molar-refractivity contribution in [3.8, 4) is 0 Å². The molecule has 0 radical (unpaired) electrons. The minimum atomic E-state index is -1.22. The SMILES string of the molecule is Cc1cc(C)c(C(=O)CCCC[P+](=O)Cc2ccccc2)c(C)c1. The van der Waals surface area contributed by atoms with Crippen LogP contribution in [0.25, 0.3) is 0 Å². The first-order valence-electron chi connectivity index (χ1n) is 8.54. The van der Waals surface area contributed by atoms with E-state index in [4.69, 9.17) is 0 Å². The Balaban J connectivity index is 1.78. The number of unbranched alkanes of at least 4 members (excludes halogenated alkanes) is 1. The summed E-state index contributed by atoms with van der Waals surface area (Å²) in [4.78, 5) is 12.5. The van der Waals surface area contributed by atoms with Crippen LogP contribution in [0.1, 0.15) is 51.9 Å². The fourth-order valence-corrected chi connectivity index (χ4v) is 4.54. The lowest BCUT2D eigenvalue weighted by atomic mass is 9.94. The van der Waals surface area contributed by atoms with Gasteiger partial charge >= 0.3 is 7.80 Å². The molecule has 0 aliphatic carbocycles. The molecule has 2 aromatic rings. The van der Waals surface area contributed by atoms with E-state index < -0.39 is 7.80 Å². The van der Waals surface area contributed by atoms with Crippen LogP contribution in [-0.2, 0) is 10.7 Å². The minimum absolute atomic E-state index is 0.211. The largest absolute Gasteiger partial charge is 0.343 e. The van der Waals surface area contributed by atoms with Gasteiger partial charge in [0.1, 0.15) is 6.16 Å². The Kier molecular flexibility index (Phi) is 6.87. The van der Waals surface area contributed by atoms with Gasteiger partial charge in [-0.05, 0) is 50.3 Å². The summed E-state index contributed by atoms with van der Waals surface area (Å²) in [6.07, 6.45) is 3.53. The Bertz CT molecular complexity index is 697. The summed E-state index contributed by atoms with van der Waals surface area (Å²) in [5, 5.41) is 0. The van der Waals surface area contributed by atoms with Crippen molar-refractivity contribution in [3.63, 3.8) is 0 Å². The van der Waals surface area contributed by atoms with Crippen molar-refractivity contribution in [2.24, 2.45) is 0 Å². The van der Waals surface area contributed by atoms with Gasteiger partial charge in [-0.2, -0.15) is 0 Å². The number of aryl methyl sites for hydroxylation is 3. The Hall–Kier alpha value is -1.79. The van der Waals surface area contributed by atoms with E-state index in [0.717, 1.165) is 35.1 Å². The number of hydrogen-bond donors (Lipinski definition) is 0. The van der Waals surface area contributed by atoms with Crippen molar-refractivity contribution in [1.82, 2.24) is 0 Å². The van der Waals surface area contributed by atoms with Gasteiger partial charge < -0.3 is 0 Å². The van der Waals surface area contributed by atoms with Gasteiger partial charge in [0, 0.05) is 12.0 Å². The number of hydrogen-bond acceptors (Lipinski definition) is 2. The molecule has 0 fully saturated rings. The van der Waals surface area contributed by atoms with E-state index in [1.54, 1.807) is 0 Å². The van der Waals surface area contributed by atoms with Crippen molar-refractivity contribution in [1.29, 1.82) is 0 Å². The fourth-order valence-electron chi connectivity index (χ4n) is 3.18. The van der Waals surface area contributed by atoms with Gasteiger partial charge in [0.05, 0.1) is 0 Å². The van der Waals surface area contributed by atoms with Crippen LogP contribution in [0.2, 0.25) is 0 Å². The molecule has 2 nitrogen and oxygen atoms in total. The van der Waals surface area contributed by atoms with Crippen LogP contribution >= 0.6 is 7.80 Å². The molecule has 0 aliphatic rings. The van der Waals surface area contributed by atoms with Gasteiger partial charge in [-0.15, -0.1) is 0 Å². The third-order valence-electron chi connectivity index (χ3n) is 4.22. The lowest BCUT2D eigenvalue weighted by Crippen LogP contribution is -2.05. The first-order valence-corrected chi connectivity index (χ1v) is 10.2. The van der Waals surface area contributed by atoms with E-state index in [0.29, 0.717) is 18.7 Å². The molecule has 0 aromatic heterocycles. The Morgan fingerprint density at radius 1 is 0.958 bits per heavy atom.